The van der Waals surface area contributed by atoms with E-state index in [0.717, 1.165) is 62.4 Å². The Morgan fingerprint density at radius 1 is 0.868 bits per heavy atom. The first-order chi connectivity index (χ1) is 18.6. The minimum Gasteiger partial charge on any atom is -0.368 e. The van der Waals surface area contributed by atoms with Crippen molar-refractivity contribution in [3.8, 4) is 0 Å². The minimum atomic E-state index is -0.344. The summed E-state index contributed by atoms with van der Waals surface area (Å²) >= 11 is 0. The first-order valence-corrected chi connectivity index (χ1v) is 13.9. The summed E-state index contributed by atoms with van der Waals surface area (Å²) in [5.74, 6) is 0.785. The van der Waals surface area contributed by atoms with E-state index in [9.17, 15) is 10.1 Å². The number of rotatable bonds is 7. The monoisotopic (exact) mass is 512 g/mol. The van der Waals surface area contributed by atoms with Crippen LogP contribution in [-0.2, 0) is 0 Å². The average Bonchev–Trinajstić information content (AvgIpc) is 3.35. The van der Waals surface area contributed by atoms with Crippen LogP contribution in [0.3, 0.4) is 0 Å². The van der Waals surface area contributed by atoms with Gasteiger partial charge in [0.25, 0.3) is 5.69 Å². The number of hydrogen-bond donors (Lipinski definition) is 2. The van der Waals surface area contributed by atoms with Gasteiger partial charge in [0.1, 0.15) is 0 Å². The zero-order valence-electron chi connectivity index (χ0n) is 21.8. The van der Waals surface area contributed by atoms with E-state index in [1.54, 1.807) is 12.1 Å². The molecule has 0 unspecified atom stereocenters. The second kappa shape index (κ2) is 10.8. The van der Waals surface area contributed by atoms with Gasteiger partial charge in [-0.3, -0.25) is 10.1 Å². The number of para-hydroxylation sites is 1. The molecule has 1 aliphatic carbocycles. The van der Waals surface area contributed by atoms with Crippen molar-refractivity contribution in [3.63, 3.8) is 0 Å². The molecule has 3 aromatic rings. The highest BCUT2D eigenvalue weighted by molar-refractivity contribution is 5.89. The van der Waals surface area contributed by atoms with Crippen LogP contribution in [0.25, 0.3) is 0 Å². The third kappa shape index (κ3) is 5.21. The molecule has 0 amide bonds. The van der Waals surface area contributed by atoms with Gasteiger partial charge in [0, 0.05) is 56.2 Å². The van der Waals surface area contributed by atoms with Crippen molar-refractivity contribution in [2.24, 2.45) is 5.92 Å². The number of piperazine rings is 1. The molecule has 0 spiro atoms. The topological polar surface area (TPSA) is 76.9 Å². The fourth-order valence-corrected chi connectivity index (χ4v) is 6.12. The molecule has 8 heteroatoms. The van der Waals surface area contributed by atoms with Gasteiger partial charge in [-0.15, -0.1) is 0 Å². The molecule has 38 heavy (non-hydrogen) atoms. The summed E-state index contributed by atoms with van der Waals surface area (Å²) in [6, 6.07) is 21.9. The Labute approximate surface area is 224 Å². The zero-order chi connectivity index (χ0) is 25.9. The van der Waals surface area contributed by atoms with Crippen LogP contribution in [0.4, 0.5) is 39.8 Å². The summed E-state index contributed by atoms with van der Waals surface area (Å²) in [5, 5.41) is 18.4. The third-order valence-electron chi connectivity index (χ3n) is 8.22. The lowest BCUT2D eigenvalue weighted by Gasteiger charge is -2.38. The van der Waals surface area contributed by atoms with Crippen LogP contribution in [0.15, 0.2) is 66.7 Å². The van der Waals surface area contributed by atoms with Crippen LogP contribution in [0.2, 0.25) is 0 Å². The molecule has 1 saturated heterocycles. The summed E-state index contributed by atoms with van der Waals surface area (Å²) in [7, 11) is 0. The van der Waals surface area contributed by atoms with Crippen LogP contribution < -0.4 is 25.3 Å². The zero-order valence-corrected chi connectivity index (χ0v) is 21.8. The van der Waals surface area contributed by atoms with Gasteiger partial charge in [-0.05, 0) is 55.2 Å². The van der Waals surface area contributed by atoms with Crippen molar-refractivity contribution in [2.75, 3.05) is 64.7 Å². The van der Waals surface area contributed by atoms with E-state index >= 15 is 0 Å². The van der Waals surface area contributed by atoms with Gasteiger partial charge in [0.05, 0.1) is 34.3 Å². The van der Waals surface area contributed by atoms with E-state index in [-0.39, 0.29) is 10.6 Å². The SMILES string of the molecule is O=[N+]([O-])c1ccc(N2CCN(c3cc4c(cc3Nc3ccccc3)NCN4CC3CCCCC3)CC2)cc1. The molecule has 0 bridgehead atoms. The maximum Gasteiger partial charge on any atom is 0.269 e. The molecule has 0 aromatic heterocycles. The van der Waals surface area contributed by atoms with E-state index in [4.69, 9.17) is 0 Å². The summed E-state index contributed by atoms with van der Waals surface area (Å²) in [6.45, 7) is 5.49. The molecule has 3 aromatic carbocycles. The number of anilines is 6. The fourth-order valence-electron chi connectivity index (χ4n) is 6.12. The molecule has 2 aliphatic heterocycles. The maximum atomic E-state index is 11.0. The fraction of sp³-hybridized carbons (Fsp3) is 0.400. The summed E-state index contributed by atoms with van der Waals surface area (Å²) < 4.78 is 0. The standard InChI is InChI=1S/C30H36N6O2/c37-36(38)26-13-11-25(12-14-26)33-15-17-34(18-16-33)30-20-29-27(19-28(30)32-24-9-5-2-6-10-24)31-22-35(29)21-23-7-3-1-4-8-23/h2,5-6,9-14,19-20,23,31-32H,1,3-4,7-8,15-18,21-22H2. The molecule has 3 aliphatic rings. The highest BCUT2D eigenvalue weighted by atomic mass is 16.6. The number of nitrogens with one attached hydrogen (secondary N) is 2. The van der Waals surface area contributed by atoms with E-state index in [1.165, 1.54) is 49.2 Å². The maximum absolute atomic E-state index is 11.0. The van der Waals surface area contributed by atoms with Gasteiger partial charge in [-0.1, -0.05) is 37.5 Å². The lowest BCUT2D eigenvalue weighted by atomic mass is 9.89. The molecule has 2 heterocycles. The van der Waals surface area contributed by atoms with E-state index in [0.29, 0.717) is 0 Å². The molecule has 0 atom stereocenters. The predicted octanol–water partition coefficient (Wildman–Crippen LogP) is 6.43. The van der Waals surface area contributed by atoms with Crippen molar-refractivity contribution >= 4 is 39.8 Å². The summed E-state index contributed by atoms with van der Waals surface area (Å²) in [5.41, 5.74) is 7.10. The Balaban J connectivity index is 1.23. The Bertz CT molecular complexity index is 1250. The van der Waals surface area contributed by atoms with Crippen molar-refractivity contribution in [1.82, 2.24) is 0 Å². The summed E-state index contributed by atoms with van der Waals surface area (Å²) in [4.78, 5) is 18.0. The van der Waals surface area contributed by atoms with Crippen molar-refractivity contribution in [3.05, 3.63) is 76.8 Å². The largest absolute Gasteiger partial charge is 0.368 e. The smallest absolute Gasteiger partial charge is 0.269 e. The number of non-ortho nitro benzene ring substituents is 1. The van der Waals surface area contributed by atoms with E-state index in [1.807, 2.05) is 18.2 Å². The highest BCUT2D eigenvalue weighted by Gasteiger charge is 2.27. The van der Waals surface area contributed by atoms with Crippen LogP contribution in [-0.4, -0.2) is 44.3 Å². The second-order valence-corrected chi connectivity index (χ2v) is 10.7. The lowest BCUT2D eigenvalue weighted by molar-refractivity contribution is -0.384. The number of nitro benzene ring substituents is 1. The first kappa shape index (κ1) is 24.4. The van der Waals surface area contributed by atoms with Crippen molar-refractivity contribution in [1.29, 1.82) is 0 Å². The normalized spacial score (nSPS) is 17.7. The lowest BCUT2D eigenvalue weighted by Crippen LogP contribution is -2.46. The van der Waals surface area contributed by atoms with Gasteiger partial charge in [0.2, 0.25) is 0 Å². The summed E-state index contributed by atoms with van der Waals surface area (Å²) in [6.07, 6.45) is 6.80. The van der Waals surface area contributed by atoms with Gasteiger partial charge in [-0.2, -0.15) is 0 Å². The third-order valence-corrected chi connectivity index (χ3v) is 8.22. The number of nitro groups is 1. The number of hydrogen-bond acceptors (Lipinski definition) is 7. The van der Waals surface area contributed by atoms with E-state index in [2.05, 4.69) is 61.7 Å². The quantitative estimate of drug-likeness (QED) is 0.279. The van der Waals surface area contributed by atoms with E-state index < -0.39 is 0 Å². The Morgan fingerprint density at radius 3 is 2.29 bits per heavy atom. The molecule has 2 N–H and O–H groups in total. The Hall–Kier alpha value is -3.94. The number of benzene rings is 3. The number of nitrogens with zero attached hydrogens (tertiary/aromatic N) is 4. The molecule has 6 rings (SSSR count). The van der Waals surface area contributed by atoms with Crippen LogP contribution in [0, 0.1) is 16.0 Å². The Morgan fingerprint density at radius 2 is 1.58 bits per heavy atom. The van der Waals surface area contributed by atoms with Gasteiger partial charge in [0.15, 0.2) is 0 Å². The van der Waals surface area contributed by atoms with Crippen LogP contribution >= 0.6 is 0 Å². The first-order valence-electron chi connectivity index (χ1n) is 13.9. The molecule has 2 fully saturated rings. The minimum absolute atomic E-state index is 0.133. The van der Waals surface area contributed by atoms with Crippen molar-refractivity contribution in [2.45, 2.75) is 32.1 Å². The van der Waals surface area contributed by atoms with Crippen molar-refractivity contribution < 1.29 is 4.92 Å². The molecule has 8 nitrogen and oxygen atoms in total. The average molecular weight is 513 g/mol. The highest BCUT2D eigenvalue weighted by Crippen LogP contribution is 2.42. The van der Waals surface area contributed by atoms with Gasteiger partial charge in [-0.25, -0.2) is 0 Å². The second-order valence-electron chi connectivity index (χ2n) is 10.7. The van der Waals surface area contributed by atoms with Crippen LogP contribution in [0.5, 0.6) is 0 Å². The Kier molecular flexibility index (Phi) is 6.94. The molecule has 0 radical (unpaired) electrons. The molecule has 1 saturated carbocycles. The van der Waals surface area contributed by atoms with Gasteiger partial charge < -0.3 is 25.3 Å². The molecular formula is C30H36N6O2. The van der Waals surface area contributed by atoms with Crippen LogP contribution in [0.1, 0.15) is 32.1 Å². The molecule has 198 valence electrons. The predicted molar refractivity (Wildman–Crippen MR) is 156 cm³/mol. The van der Waals surface area contributed by atoms with Gasteiger partial charge >= 0.3 is 0 Å². The molecular weight excluding hydrogens is 476 g/mol. The number of fused-ring (bicyclic) bond motifs is 1.